The Morgan fingerprint density at radius 2 is 1.92 bits per heavy atom. The van der Waals surface area contributed by atoms with Crippen molar-refractivity contribution in [2.24, 2.45) is 5.92 Å². The summed E-state index contributed by atoms with van der Waals surface area (Å²) in [7, 11) is 0. The summed E-state index contributed by atoms with van der Waals surface area (Å²) in [6.07, 6.45) is 0. The van der Waals surface area contributed by atoms with Crippen LogP contribution < -0.4 is 16.0 Å². The van der Waals surface area contributed by atoms with E-state index >= 15 is 0 Å². The Kier molecular flexibility index (Phi) is 3.70. The maximum atomic E-state index is 11.2. The van der Waals surface area contributed by atoms with Crippen LogP contribution in [0.3, 0.4) is 0 Å². The lowest BCUT2D eigenvalue weighted by atomic mass is 10.0. The van der Waals surface area contributed by atoms with Crippen LogP contribution in [0.4, 0.5) is 0 Å². The monoisotopic (exact) mass is 185 g/mol. The Labute approximate surface area is 77.3 Å². The molecule has 0 saturated carbocycles. The third-order valence-corrected chi connectivity index (χ3v) is 1.95. The first-order valence-electron chi connectivity index (χ1n) is 4.43. The van der Waals surface area contributed by atoms with E-state index < -0.39 is 0 Å². The fraction of sp³-hybridized carbons (Fsp3) is 0.750. The summed E-state index contributed by atoms with van der Waals surface area (Å²) in [6.45, 7) is 4.01. The number of carbonyl (C=O) groups is 2. The van der Waals surface area contributed by atoms with Gasteiger partial charge in [0.25, 0.3) is 0 Å². The second-order valence-corrected chi connectivity index (χ2v) is 3.13. The molecule has 1 rings (SSSR count). The van der Waals surface area contributed by atoms with Gasteiger partial charge in [-0.3, -0.25) is 9.59 Å². The molecule has 0 bridgehead atoms. The first-order chi connectivity index (χ1) is 6.20. The fourth-order valence-electron chi connectivity index (χ4n) is 1.04. The van der Waals surface area contributed by atoms with Crippen LogP contribution in [-0.2, 0) is 9.59 Å². The molecule has 0 aromatic carbocycles. The van der Waals surface area contributed by atoms with Gasteiger partial charge in [0.05, 0.1) is 5.92 Å². The minimum Gasteiger partial charge on any atom is -0.355 e. The van der Waals surface area contributed by atoms with E-state index in [-0.39, 0.29) is 17.7 Å². The Hall–Kier alpha value is -1.10. The molecule has 1 saturated heterocycles. The molecule has 74 valence electrons. The van der Waals surface area contributed by atoms with Crippen molar-refractivity contribution in [3.8, 4) is 0 Å². The zero-order valence-electron chi connectivity index (χ0n) is 7.72. The lowest BCUT2D eigenvalue weighted by molar-refractivity contribution is -0.126. The summed E-state index contributed by atoms with van der Waals surface area (Å²) >= 11 is 0. The molecule has 0 aromatic heterocycles. The van der Waals surface area contributed by atoms with Crippen LogP contribution in [0.5, 0.6) is 0 Å². The molecule has 0 radical (unpaired) electrons. The molecule has 0 spiro atoms. The zero-order valence-corrected chi connectivity index (χ0v) is 7.72. The van der Waals surface area contributed by atoms with E-state index in [4.69, 9.17) is 0 Å². The van der Waals surface area contributed by atoms with E-state index in [9.17, 15) is 9.59 Å². The second-order valence-electron chi connectivity index (χ2n) is 3.13. The van der Waals surface area contributed by atoms with Crippen molar-refractivity contribution < 1.29 is 9.59 Å². The molecule has 13 heavy (non-hydrogen) atoms. The van der Waals surface area contributed by atoms with Crippen LogP contribution in [0.1, 0.15) is 6.92 Å². The number of hydrogen-bond acceptors (Lipinski definition) is 3. The fourth-order valence-corrected chi connectivity index (χ4v) is 1.04. The van der Waals surface area contributed by atoms with Gasteiger partial charge in [-0.05, 0) is 0 Å². The van der Waals surface area contributed by atoms with Crippen molar-refractivity contribution in [1.82, 2.24) is 16.0 Å². The largest absolute Gasteiger partial charge is 0.355 e. The van der Waals surface area contributed by atoms with E-state index in [1.165, 1.54) is 6.92 Å². The molecule has 0 unspecified atom stereocenters. The minimum atomic E-state index is -0.0699. The van der Waals surface area contributed by atoms with Crippen LogP contribution in [0.25, 0.3) is 0 Å². The minimum absolute atomic E-state index is 0.0699. The Bertz CT molecular complexity index is 202. The third-order valence-electron chi connectivity index (χ3n) is 1.95. The predicted octanol–water partition coefficient (Wildman–Crippen LogP) is -1.54. The van der Waals surface area contributed by atoms with Gasteiger partial charge >= 0.3 is 0 Å². The molecule has 1 aliphatic rings. The SMILES string of the molecule is CC(=O)NCCNC(=O)C1CNC1. The number of carbonyl (C=O) groups excluding carboxylic acids is 2. The van der Waals surface area contributed by atoms with E-state index in [0.717, 1.165) is 13.1 Å². The molecule has 1 aliphatic heterocycles. The highest BCUT2D eigenvalue weighted by Crippen LogP contribution is 2.00. The van der Waals surface area contributed by atoms with Gasteiger partial charge in [0.15, 0.2) is 0 Å². The summed E-state index contributed by atoms with van der Waals surface area (Å²) in [5.74, 6) is 0.126. The van der Waals surface area contributed by atoms with E-state index in [1.54, 1.807) is 0 Å². The highest BCUT2D eigenvalue weighted by molar-refractivity contribution is 5.80. The van der Waals surface area contributed by atoms with Crippen molar-refractivity contribution >= 4 is 11.8 Å². The molecule has 5 nitrogen and oxygen atoms in total. The van der Waals surface area contributed by atoms with Crippen LogP contribution >= 0.6 is 0 Å². The predicted molar refractivity (Wildman–Crippen MR) is 48.1 cm³/mol. The molecule has 3 N–H and O–H groups in total. The maximum absolute atomic E-state index is 11.2. The third kappa shape index (κ3) is 3.42. The second kappa shape index (κ2) is 4.81. The summed E-state index contributed by atoms with van der Waals surface area (Å²) in [5, 5.41) is 8.37. The molecule has 0 atom stereocenters. The highest BCUT2D eigenvalue weighted by atomic mass is 16.2. The Morgan fingerprint density at radius 3 is 2.38 bits per heavy atom. The highest BCUT2D eigenvalue weighted by Gasteiger charge is 2.23. The van der Waals surface area contributed by atoms with Crippen molar-refractivity contribution in [3.05, 3.63) is 0 Å². The van der Waals surface area contributed by atoms with Gasteiger partial charge in [0.2, 0.25) is 11.8 Å². The molecular formula is C8H15N3O2. The lowest BCUT2D eigenvalue weighted by Crippen LogP contribution is -2.51. The van der Waals surface area contributed by atoms with E-state index in [1.807, 2.05) is 0 Å². The molecule has 0 aromatic rings. The smallest absolute Gasteiger partial charge is 0.225 e. The first-order valence-corrected chi connectivity index (χ1v) is 4.43. The first kappa shape index (κ1) is 9.98. The standard InChI is InChI=1S/C8H15N3O2/c1-6(12)10-2-3-11-8(13)7-4-9-5-7/h7,9H,2-5H2,1H3,(H,10,12)(H,11,13). The van der Waals surface area contributed by atoms with Gasteiger partial charge in [0.1, 0.15) is 0 Å². The Balaban J connectivity index is 1.98. The number of amides is 2. The summed E-state index contributed by atoms with van der Waals surface area (Å²) in [6, 6.07) is 0. The van der Waals surface area contributed by atoms with Crippen molar-refractivity contribution in [2.45, 2.75) is 6.92 Å². The van der Waals surface area contributed by atoms with Crippen LogP contribution in [0.2, 0.25) is 0 Å². The van der Waals surface area contributed by atoms with Crippen molar-refractivity contribution in [2.75, 3.05) is 26.2 Å². The van der Waals surface area contributed by atoms with Crippen LogP contribution in [-0.4, -0.2) is 38.0 Å². The van der Waals surface area contributed by atoms with Crippen molar-refractivity contribution in [3.63, 3.8) is 0 Å². The van der Waals surface area contributed by atoms with E-state index in [0.29, 0.717) is 13.1 Å². The van der Waals surface area contributed by atoms with Crippen molar-refractivity contribution in [1.29, 1.82) is 0 Å². The average Bonchev–Trinajstić information content (AvgIpc) is 1.94. The van der Waals surface area contributed by atoms with Crippen LogP contribution in [0.15, 0.2) is 0 Å². The lowest BCUT2D eigenvalue weighted by Gasteiger charge is -2.25. The molecule has 5 heteroatoms. The summed E-state index contributed by atoms with van der Waals surface area (Å²) < 4.78 is 0. The average molecular weight is 185 g/mol. The maximum Gasteiger partial charge on any atom is 0.225 e. The molecule has 1 heterocycles. The normalized spacial score (nSPS) is 16.1. The number of rotatable bonds is 4. The van der Waals surface area contributed by atoms with E-state index in [2.05, 4.69) is 16.0 Å². The molecule has 2 amide bonds. The van der Waals surface area contributed by atoms with Gasteiger partial charge < -0.3 is 16.0 Å². The zero-order chi connectivity index (χ0) is 9.68. The van der Waals surface area contributed by atoms with Gasteiger partial charge in [-0.15, -0.1) is 0 Å². The van der Waals surface area contributed by atoms with Gasteiger partial charge in [-0.25, -0.2) is 0 Å². The molecule has 1 fully saturated rings. The Morgan fingerprint density at radius 1 is 1.31 bits per heavy atom. The summed E-state index contributed by atoms with van der Waals surface area (Å²) in [4.78, 5) is 21.7. The molecular weight excluding hydrogens is 170 g/mol. The van der Waals surface area contributed by atoms with Gasteiger partial charge in [0, 0.05) is 33.1 Å². The van der Waals surface area contributed by atoms with Gasteiger partial charge in [-0.1, -0.05) is 0 Å². The van der Waals surface area contributed by atoms with Crippen LogP contribution in [0, 0.1) is 5.92 Å². The molecule has 0 aliphatic carbocycles. The quantitative estimate of drug-likeness (QED) is 0.465. The number of hydrogen-bond donors (Lipinski definition) is 3. The number of nitrogens with one attached hydrogen (secondary N) is 3. The van der Waals surface area contributed by atoms with Gasteiger partial charge in [-0.2, -0.15) is 0 Å². The topological polar surface area (TPSA) is 70.2 Å². The summed E-state index contributed by atoms with van der Waals surface area (Å²) in [5.41, 5.74) is 0.